The van der Waals surface area contributed by atoms with Crippen molar-refractivity contribution in [1.82, 2.24) is 4.98 Å². The van der Waals surface area contributed by atoms with Gasteiger partial charge in [0, 0.05) is 17.5 Å². The molecule has 19 heavy (non-hydrogen) atoms. The largest absolute Gasteiger partial charge is 0.269 e. The monoisotopic (exact) mass is 276 g/mol. The number of rotatable bonds is 4. The van der Waals surface area contributed by atoms with E-state index in [1.807, 2.05) is 19.2 Å². The van der Waals surface area contributed by atoms with Gasteiger partial charge in [0.15, 0.2) is 0 Å². The van der Waals surface area contributed by atoms with E-state index in [0.717, 1.165) is 11.3 Å². The van der Waals surface area contributed by atoms with Crippen molar-refractivity contribution < 1.29 is 4.92 Å². The Hall–Kier alpha value is -2.15. The lowest BCUT2D eigenvalue weighted by Crippen LogP contribution is -1.92. The molecule has 1 aromatic heterocycles. The molecule has 1 aromatic carbocycles. The lowest BCUT2D eigenvalue weighted by Gasteiger charge is -2.04. The summed E-state index contributed by atoms with van der Waals surface area (Å²) in [6.45, 7) is 3.72. The van der Waals surface area contributed by atoms with E-state index >= 15 is 0 Å². The van der Waals surface area contributed by atoms with Crippen molar-refractivity contribution in [3.63, 3.8) is 0 Å². The van der Waals surface area contributed by atoms with Crippen LogP contribution in [0.3, 0.4) is 0 Å². The van der Waals surface area contributed by atoms with Crippen LogP contribution >= 0.6 is 11.3 Å². The van der Waals surface area contributed by atoms with Gasteiger partial charge in [-0.15, -0.1) is 16.5 Å². The van der Waals surface area contributed by atoms with Gasteiger partial charge in [0.05, 0.1) is 16.7 Å². The second-order valence-electron chi connectivity index (χ2n) is 4.02. The summed E-state index contributed by atoms with van der Waals surface area (Å²) in [6, 6.07) is 6.16. The van der Waals surface area contributed by atoms with Crippen LogP contribution in [0.4, 0.5) is 10.8 Å². The predicted molar refractivity (Wildman–Crippen MR) is 72.9 cm³/mol. The van der Waals surface area contributed by atoms with Crippen LogP contribution in [0, 0.1) is 17.0 Å². The summed E-state index contributed by atoms with van der Waals surface area (Å²) in [5.74, 6) is 0. The van der Waals surface area contributed by atoms with Crippen LogP contribution in [0.2, 0.25) is 0 Å². The van der Waals surface area contributed by atoms with Gasteiger partial charge in [-0.25, -0.2) is 4.98 Å². The van der Waals surface area contributed by atoms with Gasteiger partial charge >= 0.3 is 0 Å². The normalized spacial score (nSPS) is 12.7. The summed E-state index contributed by atoms with van der Waals surface area (Å²) in [7, 11) is 0. The van der Waals surface area contributed by atoms with Gasteiger partial charge in [0.2, 0.25) is 5.13 Å². The van der Waals surface area contributed by atoms with Gasteiger partial charge in [-0.1, -0.05) is 12.1 Å². The van der Waals surface area contributed by atoms with Crippen LogP contribution in [0.1, 0.15) is 24.2 Å². The molecule has 0 radical (unpaired) electrons. The number of thiazole rings is 1. The summed E-state index contributed by atoms with van der Waals surface area (Å²) in [4.78, 5) is 14.5. The minimum Gasteiger partial charge on any atom is -0.258 e. The molecule has 1 atom stereocenters. The maximum Gasteiger partial charge on any atom is 0.269 e. The number of hydrogen-bond donors (Lipinski definition) is 0. The predicted octanol–water partition coefficient (Wildman–Crippen LogP) is 4.20. The van der Waals surface area contributed by atoms with E-state index < -0.39 is 4.92 Å². The highest BCUT2D eigenvalue weighted by atomic mass is 32.1. The Bertz CT molecular complexity index is 624. The van der Waals surface area contributed by atoms with Gasteiger partial charge in [0.1, 0.15) is 0 Å². The standard InChI is InChI=1S/C12H12N4O2S/c1-8-7-19-12(13-8)15-14-9(2)10-4-3-5-11(6-10)16(17)18/h3-7,9H,1-2H3. The van der Waals surface area contributed by atoms with Crippen molar-refractivity contribution >= 4 is 22.2 Å². The van der Waals surface area contributed by atoms with Crippen molar-refractivity contribution in [3.05, 3.63) is 51.0 Å². The number of hydrogen-bond acceptors (Lipinski definition) is 6. The minimum absolute atomic E-state index is 0.0599. The van der Waals surface area contributed by atoms with Gasteiger partial charge in [0.25, 0.3) is 5.69 Å². The molecule has 2 rings (SSSR count). The van der Waals surface area contributed by atoms with Crippen LogP contribution < -0.4 is 0 Å². The number of non-ortho nitro benzene ring substituents is 1. The van der Waals surface area contributed by atoms with Gasteiger partial charge in [-0.3, -0.25) is 10.1 Å². The number of nitro benzene ring substituents is 1. The molecule has 0 amide bonds. The fraction of sp³-hybridized carbons (Fsp3) is 0.250. The van der Waals surface area contributed by atoms with E-state index in [2.05, 4.69) is 15.2 Å². The molecule has 7 heteroatoms. The quantitative estimate of drug-likeness (QED) is 0.476. The first-order chi connectivity index (χ1) is 9.06. The van der Waals surface area contributed by atoms with Crippen LogP contribution in [0.25, 0.3) is 0 Å². The van der Waals surface area contributed by atoms with Crippen molar-refractivity contribution in [3.8, 4) is 0 Å². The molecule has 0 aliphatic rings. The highest BCUT2D eigenvalue weighted by Gasteiger charge is 2.10. The third-order valence-corrected chi connectivity index (χ3v) is 3.33. The lowest BCUT2D eigenvalue weighted by molar-refractivity contribution is -0.384. The minimum atomic E-state index is -0.419. The fourth-order valence-electron chi connectivity index (χ4n) is 1.49. The smallest absolute Gasteiger partial charge is 0.258 e. The van der Waals surface area contributed by atoms with Crippen LogP contribution in [0.5, 0.6) is 0 Å². The van der Waals surface area contributed by atoms with Crippen molar-refractivity contribution in [1.29, 1.82) is 0 Å². The van der Waals surface area contributed by atoms with Crippen LogP contribution in [-0.4, -0.2) is 9.91 Å². The molecular formula is C12H12N4O2S. The van der Waals surface area contributed by atoms with E-state index in [1.54, 1.807) is 12.1 Å². The Labute approximate surface area is 114 Å². The molecular weight excluding hydrogens is 264 g/mol. The Morgan fingerprint density at radius 2 is 2.26 bits per heavy atom. The number of aromatic nitrogens is 1. The van der Waals surface area contributed by atoms with Crippen molar-refractivity contribution in [2.75, 3.05) is 0 Å². The Morgan fingerprint density at radius 1 is 1.47 bits per heavy atom. The van der Waals surface area contributed by atoms with Crippen LogP contribution in [-0.2, 0) is 0 Å². The maximum absolute atomic E-state index is 10.7. The summed E-state index contributed by atoms with van der Waals surface area (Å²) in [6.07, 6.45) is 0. The number of azo groups is 1. The van der Waals surface area contributed by atoms with E-state index in [9.17, 15) is 10.1 Å². The first-order valence-corrected chi connectivity index (χ1v) is 6.51. The molecule has 0 aliphatic heterocycles. The van der Waals surface area contributed by atoms with Crippen LogP contribution in [0.15, 0.2) is 39.9 Å². The Morgan fingerprint density at radius 3 is 2.89 bits per heavy atom. The maximum atomic E-state index is 10.7. The third kappa shape index (κ3) is 3.41. The van der Waals surface area contributed by atoms with Crippen molar-refractivity contribution in [2.24, 2.45) is 10.2 Å². The molecule has 0 fully saturated rings. The average Bonchev–Trinajstić information content (AvgIpc) is 2.82. The Balaban J connectivity index is 2.15. The zero-order chi connectivity index (χ0) is 13.8. The summed E-state index contributed by atoms with van der Waals surface area (Å²) >= 11 is 1.42. The Kier molecular flexibility index (Phi) is 3.96. The van der Waals surface area contributed by atoms with E-state index in [-0.39, 0.29) is 11.7 Å². The zero-order valence-electron chi connectivity index (χ0n) is 10.5. The highest BCUT2D eigenvalue weighted by Crippen LogP contribution is 2.25. The average molecular weight is 276 g/mol. The molecule has 0 saturated heterocycles. The third-order valence-electron chi connectivity index (χ3n) is 2.49. The summed E-state index contributed by atoms with van der Waals surface area (Å²) in [5, 5.41) is 21.4. The number of benzene rings is 1. The fourth-order valence-corrected chi connectivity index (χ4v) is 2.11. The molecule has 0 aliphatic carbocycles. The molecule has 0 N–H and O–H groups in total. The van der Waals surface area contributed by atoms with E-state index in [4.69, 9.17) is 0 Å². The first kappa shape index (κ1) is 13.3. The van der Waals surface area contributed by atoms with Gasteiger partial charge in [-0.2, -0.15) is 5.11 Å². The summed E-state index contributed by atoms with van der Waals surface area (Å²) in [5.41, 5.74) is 1.72. The number of nitro groups is 1. The SMILES string of the molecule is Cc1csc(N=NC(C)c2cccc([N+](=O)[O-])c2)n1. The molecule has 0 spiro atoms. The first-order valence-electron chi connectivity index (χ1n) is 5.63. The number of nitrogens with zero attached hydrogens (tertiary/aromatic N) is 4. The number of aryl methyl sites for hydroxylation is 1. The topological polar surface area (TPSA) is 80.8 Å². The second kappa shape index (κ2) is 5.66. The molecule has 0 bridgehead atoms. The molecule has 2 aromatic rings. The highest BCUT2D eigenvalue weighted by molar-refractivity contribution is 7.13. The molecule has 1 heterocycles. The van der Waals surface area contributed by atoms with Crippen molar-refractivity contribution in [2.45, 2.75) is 19.9 Å². The van der Waals surface area contributed by atoms with Gasteiger partial charge in [-0.05, 0) is 19.4 Å². The summed E-state index contributed by atoms with van der Waals surface area (Å²) < 4.78 is 0. The molecule has 98 valence electrons. The lowest BCUT2D eigenvalue weighted by atomic mass is 10.1. The molecule has 0 saturated carbocycles. The zero-order valence-corrected chi connectivity index (χ0v) is 11.3. The molecule has 6 nitrogen and oxygen atoms in total. The van der Waals surface area contributed by atoms with E-state index in [0.29, 0.717) is 5.13 Å². The van der Waals surface area contributed by atoms with E-state index in [1.165, 1.54) is 23.5 Å². The second-order valence-corrected chi connectivity index (χ2v) is 4.85. The molecule has 1 unspecified atom stereocenters. The van der Waals surface area contributed by atoms with Gasteiger partial charge < -0.3 is 0 Å².